The molecule has 174 valence electrons. The van der Waals surface area contributed by atoms with Gasteiger partial charge in [-0.25, -0.2) is 4.90 Å². The van der Waals surface area contributed by atoms with Gasteiger partial charge in [-0.1, -0.05) is 67.4 Å². The van der Waals surface area contributed by atoms with E-state index in [2.05, 4.69) is 13.0 Å². The Morgan fingerprint density at radius 3 is 2.15 bits per heavy atom. The van der Waals surface area contributed by atoms with Crippen molar-refractivity contribution in [2.75, 3.05) is 16.3 Å². The summed E-state index contributed by atoms with van der Waals surface area (Å²) in [4.78, 5) is 31.1. The van der Waals surface area contributed by atoms with E-state index in [0.29, 0.717) is 23.5 Å². The van der Waals surface area contributed by atoms with Crippen molar-refractivity contribution in [2.45, 2.75) is 47.0 Å². The molecule has 4 rings (SSSR count). The first-order valence-corrected chi connectivity index (χ1v) is 12.1. The largest absolute Gasteiger partial charge is 0.337 e. The van der Waals surface area contributed by atoms with Crippen LogP contribution in [0, 0.1) is 13.8 Å². The predicted octanol–water partition coefficient (Wildman–Crippen LogP) is 6.46. The van der Waals surface area contributed by atoms with Gasteiger partial charge in [0.05, 0.1) is 11.3 Å². The summed E-state index contributed by atoms with van der Waals surface area (Å²) in [6, 6.07) is 23.6. The highest BCUT2D eigenvalue weighted by atomic mass is 16.2. The molecule has 0 N–H and O–H groups in total. The summed E-state index contributed by atoms with van der Waals surface area (Å²) >= 11 is 0. The Balaban J connectivity index is 1.84. The smallest absolute Gasteiger partial charge is 0.282 e. The fourth-order valence-electron chi connectivity index (χ4n) is 4.61. The highest BCUT2D eigenvalue weighted by Crippen LogP contribution is 2.38. The molecule has 4 heteroatoms. The van der Waals surface area contributed by atoms with Gasteiger partial charge in [0.15, 0.2) is 0 Å². The van der Waals surface area contributed by atoms with Crippen LogP contribution in [0.25, 0.3) is 5.57 Å². The molecule has 0 bridgehead atoms. The Kier molecular flexibility index (Phi) is 6.97. The first-order chi connectivity index (χ1) is 16.5. The predicted molar refractivity (Wildman–Crippen MR) is 140 cm³/mol. The molecule has 3 aromatic carbocycles. The quantitative estimate of drug-likeness (QED) is 0.368. The Hall–Kier alpha value is -3.66. The van der Waals surface area contributed by atoms with E-state index in [1.807, 2.05) is 92.4 Å². The van der Waals surface area contributed by atoms with Crippen LogP contribution in [0.1, 0.15) is 48.9 Å². The standard InChI is InChI=1S/C30H32N2O2/c1-5-7-11-23-15-17-25(18-16-23)32-29(33)27(26-19-14-21(3)20-22(26)4)28(30(32)34)31(6-2)24-12-9-8-10-13-24/h8-10,12-20H,5-7,11H2,1-4H3. The molecule has 0 radical (unpaired) electrons. The van der Waals surface area contributed by atoms with E-state index < -0.39 is 0 Å². The minimum Gasteiger partial charge on any atom is -0.337 e. The molecule has 1 aliphatic rings. The van der Waals surface area contributed by atoms with Gasteiger partial charge in [-0.2, -0.15) is 0 Å². The summed E-state index contributed by atoms with van der Waals surface area (Å²) < 4.78 is 0. The number of carbonyl (C=O) groups is 2. The second-order valence-electron chi connectivity index (χ2n) is 8.84. The molecule has 0 aromatic heterocycles. The van der Waals surface area contributed by atoms with Crippen LogP contribution >= 0.6 is 0 Å². The molecule has 3 aromatic rings. The van der Waals surface area contributed by atoms with Crippen molar-refractivity contribution in [3.8, 4) is 0 Å². The molecule has 0 aliphatic carbocycles. The van der Waals surface area contributed by atoms with E-state index in [9.17, 15) is 9.59 Å². The first kappa shape index (κ1) is 23.5. The number of likely N-dealkylation sites (N-methyl/N-ethyl adjacent to an activating group) is 1. The maximum absolute atomic E-state index is 13.9. The number of rotatable bonds is 8. The minimum atomic E-state index is -0.285. The topological polar surface area (TPSA) is 40.6 Å². The van der Waals surface area contributed by atoms with Gasteiger partial charge in [-0.05, 0) is 74.6 Å². The van der Waals surface area contributed by atoms with Crippen molar-refractivity contribution in [3.63, 3.8) is 0 Å². The molecular weight excluding hydrogens is 420 g/mol. The van der Waals surface area contributed by atoms with Crippen molar-refractivity contribution in [1.29, 1.82) is 0 Å². The zero-order valence-corrected chi connectivity index (χ0v) is 20.5. The van der Waals surface area contributed by atoms with Gasteiger partial charge < -0.3 is 4.90 Å². The van der Waals surface area contributed by atoms with Crippen LogP contribution in [0.2, 0.25) is 0 Å². The second-order valence-corrected chi connectivity index (χ2v) is 8.84. The van der Waals surface area contributed by atoms with E-state index in [0.717, 1.165) is 41.6 Å². The molecule has 0 atom stereocenters. The monoisotopic (exact) mass is 452 g/mol. The molecule has 0 unspecified atom stereocenters. The van der Waals surface area contributed by atoms with E-state index in [4.69, 9.17) is 0 Å². The van der Waals surface area contributed by atoms with E-state index in [1.165, 1.54) is 10.5 Å². The summed E-state index contributed by atoms with van der Waals surface area (Å²) in [7, 11) is 0. The first-order valence-electron chi connectivity index (χ1n) is 12.1. The summed E-state index contributed by atoms with van der Waals surface area (Å²) in [6.07, 6.45) is 3.24. The highest BCUT2D eigenvalue weighted by molar-refractivity contribution is 6.46. The number of anilines is 2. The Bertz CT molecular complexity index is 1230. The molecular formula is C30H32N2O2. The van der Waals surface area contributed by atoms with E-state index in [1.54, 1.807) is 0 Å². The number of hydrogen-bond acceptors (Lipinski definition) is 3. The third kappa shape index (κ3) is 4.41. The number of imide groups is 1. The molecule has 1 aliphatic heterocycles. The third-order valence-electron chi connectivity index (χ3n) is 6.38. The summed E-state index contributed by atoms with van der Waals surface area (Å²) in [5, 5.41) is 0. The number of para-hydroxylation sites is 1. The van der Waals surface area contributed by atoms with Crippen LogP contribution in [-0.2, 0) is 16.0 Å². The molecule has 0 spiro atoms. The van der Waals surface area contributed by atoms with Crippen LogP contribution in [0.3, 0.4) is 0 Å². The maximum Gasteiger partial charge on any atom is 0.282 e. The number of amides is 2. The third-order valence-corrected chi connectivity index (χ3v) is 6.38. The van der Waals surface area contributed by atoms with Gasteiger partial charge in [-0.3, -0.25) is 9.59 Å². The SMILES string of the molecule is CCCCc1ccc(N2C(=O)C(c3ccc(C)cc3C)=C(N(CC)c3ccccc3)C2=O)cc1. The van der Waals surface area contributed by atoms with Crippen molar-refractivity contribution >= 4 is 28.8 Å². The van der Waals surface area contributed by atoms with E-state index in [-0.39, 0.29) is 11.8 Å². The zero-order valence-electron chi connectivity index (χ0n) is 20.5. The summed E-state index contributed by atoms with van der Waals surface area (Å²) in [5.74, 6) is -0.561. The van der Waals surface area contributed by atoms with Gasteiger partial charge in [0.1, 0.15) is 5.70 Å². The average Bonchev–Trinajstić information content (AvgIpc) is 3.09. The number of benzene rings is 3. The zero-order chi connectivity index (χ0) is 24.2. The van der Waals surface area contributed by atoms with Gasteiger partial charge >= 0.3 is 0 Å². The fourth-order valence-corrected chi connectivity index (χ4v) is 4.61. The van der Waals surface area contributed by atoms with Crippen molar-refractivity contribution < 1.29 is 9.59 Å². The average molecular weight is 453 g/mol. The van der Waals surface area contributed by atoms with Crippen molar-refractivity contribution in [3.05, 3.63) is 101 Å². The van der Waals surface area contributed by atoms with Gasteiger partial charge in [0, 0.05) is 12.2 Å². The highest BCUT2D eigenvalue weighted by Gasteiger charge is 2.43. The second kappa shape index (κ2) is 10.1. The Morgan fingerprint density at radius 1 is 0.824 bits per heavy atom. The lowest BCUT2D eigenvalue weighted by Crippen LogP contribution is -2.35. The van der Waals surface area contributed by atoms with Gasteiger partial charge in [0.2, 0.25) is 0 Å². The minimum absolute atomic E-state index is 0.275. The molecule has 4 nitrogen and oxygen atoms in total. The Morgan fingerprint density at radius 2 is 1.53 bits per heavy atom. The molecule has 34 heavy (non-hydrogen) atoms. The lowest BCUT2D eigenvalue weighted by atomic mass is 9.97. The van der Waals surface area contributed by atoms with Crippen LogP contribution < -0.4 is 9.80 Å². The van der Waals surface area contributed by atoms with Gasteiger partial charge in [-0.15, -0.1) is 0 Å². The van der Waals surface area contributed by atoms with Crippen LogP contribution in [0.4, 0.5) is 11.4 Å². The number of carbonyl (C=O) groups excluding carboxylic acids is 2. The molecule has 1 heterocycles. The van der Waals surface area contributed by atoms with Crippen LogP contribution in [0.15, 0.2) is 78.5 Å². The van der Waals surface area contributed by atoms with E-state index >= 15 is 0 Å². The summed E-state index contributed by atoms with van der Waals surface area (Å²) in [5.41, 5.74) is 6.51. The number of hydrogen-bond donors (Lipinski definition) is 0. The number of nitrogens with zero attached hydrogens (tertiary/aromatic N) is 2. The number of unbranched alkanes of at least 4 members (excludes halogenated alkanes) is 1. The molecule has 2 amide bonds. The maximum atomic E-state index is 13.9. The lowest BCUT2D eigenvalue weighted by molar-refractivity contribution is -0.120. The lowest BCUT2D eigenvalue weighted by Gasteiger charge is -2.25. The van der Waals surface area contributed by atoms with Gasteiger partial charge in [0.25, 0.3) is 11.8 Å². The van der Waals surface area contributed by atoms with Crippen molar-refractivity contribution in [1.82, 2.24) is 0 Å². The summed E-state index contributed by atoms with van der Waals surface area (Å²) in [6.45, 7) is 8.76. The normalized spacial score (nSPS) is 13.7. The number of aryl methyl sites for hydroxylation is 3. The van der Waals surface area contributed by atoms with Crippen LogP contribution in [-0.4, -0.2) is 18.4 Å². The van der Waals surface area contributed by atoms with Crippen molar-refractivity contribution in [2.24, 2.45) is 0 Å². The van der Waals surface area contributed by atoms with Crippen LogP contribution in [0.5, 0.6) is 0 Å². The fraction of sp³-hybridized carbons (Fsp3) is 0.267. The Labute approximate surface area is 202 Å². The molecule has 0 fully saturated rings. The molecule has 0 saturated heterocycles. The molecule has 0 saturated carbocycles.